The molecule has 0 aliphatic carbocycles. The Hall–Kier alpha value is -1.14. The van der Waals surface area contributed by atoms with E-state index in [1.165, 1.54) is 7.11 Å². The average Bonchev–Trinajstić information content (AvgIpc) is 2.48. The second-order valence-electron chi connectivity index (χ2n) is 5.25. The first-order chi connectivity index (χ1) is 10.0. The number of ether oxygens (including phenoxy) is 1. The van der Waals surface area contributed by atoms with Crippen molar-refractivity contribution in [1.82, 2.24) is 10.6 Å². The summed E-state index contributed by atoms with van der Waals surface area (Å²) in [5.74, 6) is -0.558. The van der Waals surface area contributed by atoms with E-state index in [4.69, 9.17) is 9.84 Å². The van der Waals surface area contributed by atoms with Gasteiger partial charge in [-0.3, -0.25) is 9.59 Å². The Morgan fingerprint density at radius 2 is 1.86 bits per heavy atom. The van der Waals surface area contributed by atoms with E-state index in [9.17, 15) is 9.59 Å². The fourth-order valence-corrected chi connectivity index (χ4v) is 1.87. The van der Waals surface area contributed by atoms with E-state index in [1.54, 1.807) is 0 Å². The lowest BCUT2D eigenvalue weighted by Crippen LogP contribution is -2.43. The summed E-state index contributed by atoms with van der Waals surface area (Å²) in [7, 11) is 1.32. The van der Waals surface area contributed by atoms with E-state index in [2.05, 4.69) is 10.6 Å². The molecule has 2 unspecified atom stereocenters. The molecule has 0 aromatic carbocycles. The first-order valence-corrected chi connectivity index (χ1v) is 7.76. The third-order valence-corrected chi connectivity index (χ3v) is 3.37. The van der Waals surface area contributed by atoms with Crippen LogP contribution in [0.5, 0.6) is 0 Å². The molecule has 0 radical (unpaired) electrons. The number of aliphatic hydroxyl groups excluding tert-OH is 1. The monoisotopic (exact) mass is 302 g/mol. The molecule has 0 bridgehead atoms. The number of amides is 1. The zero-order valence-corrected chi connectivity index (χ0v) is 13.5. The molecule has 2 atom stereocenters. The third-order valence-electron chi connectivity index (χ3n) is 3.37. The molecule has 6 nitrogen and oxygen atoms in total. The molecule has 0 heterocycles. The van der Waals surface area contributed by atoms with Crippen LogP contribution in [0, 0.1) is 0 Å². The number of methoxy groups -OCH3 is 1. The molecular formula is C15H30N2O4. The molecule has 0 aliphatic rings. The minimum atomic E-state index is -0.600. The van der Waals surface area contributed by atoms with Gasteiger partial charge in [-0.05, 0) is 32.7 Å². The van der Waals surface area contributed by atoms with Gasteiger partial charge in [0.2, 0.25) is 5.91 Å². The van der Waals surface area contributed by atoms with Crippen LogP contribution >= 0.6 is 0 Å². The first kappa shape index (κ1) is 19.9. The summed E-state index contributed by atoms with van der Waals surface area (Å²) < 4.78 is 4.73. The highest BCUT2D eigenvalue weighted by atomic mass is 16.5. The summed E-state index contributed by atoms with van der Waals surface area (Å²) in [6.45, 7) is 4.79. The van der Waals surface area contributed by atoms with Gasteiger partial charge in [0, 0.05) is 12.6 Å². The second-order valence-corrected chi connectivity index (χ2v) is 5.25. The van der Waals surface area contributed by atoms with Crippen LogP contribution in [0.25, 0.3) is 0 Å². The Morgan fingerprint density at radius 1 is 1.19 bits per heavy atom. The average molecular weight is 302 g/mol. The number of esters is 1. The lowest BCUT2D eigenvalue weighted by atomic mass is 10.1. The topological polar surface area (TPSA) is 87.7 Å². The molecule has 0 rings (SSSR count). The van der Waals surface area contributed by atoms with E-state index in [-0.39, 0.29) is 25.0 Å². The number of rotatable bonds is 12. The molecule has 3 N–H and O–H groups in total. The fourth-order valence-electron chi connectivity index (χ4n) is 1.87. The van der Waals surface area contributed by atoms with E-state index >= 15 is 0 Å². The van der Waals surface area contributed by atoms with Gasteiger partial charge in [0.1, 0.15) is 6.04 Å². The SMILES string of the molecule is CCC(C)NC(=O)CC(NCCCCCCO)C(=O)OC. The molecule has 6 heteroatoms. The zero-order chi connectivity index (χ0) is 16.1. The molecule has 0 aliphatic heterocycles. The van der Waals surface area contributed by atoms with Crippen LogP contribution in [0.1, 0.15) is 52.4 Å². The van der Waals surface area contributed by atoms with Crippen molar-refractivity contribution in [2.75, 3.05) is 20.3 Å². The molecule has 0 saturated carbocycles. The van der Waals surface area contributed by atoms with Crippen LogP contribution in [0.15, 0.2) is 0 Å². The van der Waals surface area contributed by atoms with Gasteiger partial charge < -0.3 is 20.5 Å². The summed E-state index contributed by atoms with van der Waals surface area (Å²) in [6.07, 6.45) is 4.61. The summed E-state index contributed by atoms with van der Waals surface area (Å²) in [5, 5.41) is 14.6. The Morgan fingerprint density at radius 3 is 2.43 bits per heavy atom. The largest absolute Gasteiger partial charge is 0.468 e. The molecular weight excluding hydrogens is 272 g/mol. The van der Waals surface area contributed by atoms with Gasteiger partial charge in [-0.25, -0.2) is 0 Å². The molecule has 0 spiro atoms. The first-order valence-electron chi connectivity index (χ1n) is 7.76. The van der Waals surface area contributed by atoms with Crippen molar-refractivity contribution in [2.45, 2.75) is 64.5 Å². The molecule has 0 saturated heterocycles. The van der Waals surface area contributed by atoms with Crippen LogP contribution in [-0.2, 0) is 14.3 Å². The molecule has 1 amide bonds. The smallest absolute Gasteiger partial charge is 0.323 e. The van der Waals surface area contributed by atoms with Crippen molar-refractivity contribution in [1.29, 1.82) is 0 Å². The van der Waals surface area contributed by atoms with Crippen LogP contribution < -0.4 is 10.6 Å². The zero-order valence-electron chi connectivity index (χ0n) is 13.5. The van der Waals surface area contributed by atoms with Crippen molar-refractivity contribution in [3.05, 3.63) is 0 Å². The summed E-state index contributed by atoms with van der Waals surface area (Å²) >= 11 is 0. The van der Waals surface area contributed by atoms with Gasteiger partial charge >= 0.3 is 5.97 Å². The van der Waals surface area contributed by atoms with Crippen LogP contribution in [0.4, 0.5) is 0 Å². The Balaban J connectivity index is 4.09. The normalized spacial score (nSPS) is 13.5. The molecule has 0 aromatic heterocycles. The lowest BCUT2D eigenvalue weighted by molar-refractivity contribution is -0.145. The van der Waals surface area contributed by atoms with Gasteiger partial charge in [-0.15, -0.1) is 0 Å². The molecule has 124 valence electrons. The maximum absolute atomic E-state index is 11.8. The van der Waals surface area contributed by atoms with Crippen molar-refractivity contribution in [2.24, 2.45) is 0 Å². The number of carbonyl (C=O) groups excluding carboxylic acids is 2. The molecule has 0 fully saturated rings. The molecule has 0 aromatic rings. The number of unbranched alkanes of at least 4 members (excludes halogenated alkanes) is 3. The summed E-state index contributed by atoms with van der Waals surface area (Å²) in [5.41, 5.74) is 0. The van der Waals surface area contributed by atoms with Gasteiger partial charge in [0.15, 0.2) is 0 Å². The minimum absolute atomic E-state index is 0.0909. The van der Waals surface area contributed by atoms with Gasteiger partial charge in [0.05, 0.1) is 13.5 Å². The number of carbonyl (C=O) groups is 2. The number of hydrogen-bond donors (Lipinski definition) is 3. The highest BCUT2D eigenvalue weighted by molar-refractivity contribution is 5.85. The Kier molecular flexibility index (Phi) is 11.9. The van der Waals surface area contributed by atoms with Gasteiger partial charge in [0.25, 0.3) is 0 Å². The molecule has 21 heavy (non-hydrogen) atoms. The van der Waals surface area contributed by atoms with E-state index in [0.29, 0.717) is 6.54 Å². The standard InChI is InChI=1S/C15H30N2O4/c1-4-12(2)17-14(19)11-13(15(20)21-3)16-9-7-5-6-8-10-18/h12-13,16,18H,4-11H2,1-3H3,(H,17,19). The number of aliphatic hydroxyl groups is 1. The summed E-state index contributed by atoms with van der Waals surface area (Å²) in [6, 6.07) is -0.494. The van der Waals surface area contributed by atoms with Crippen LogP contribution in [-0.4, -0.2) is 49.3 Å². The number of hydrogen-bond acceptors (Lipinski definition) is 5. The van der Waals surface area contributed by atoms with E-state index in [0.717, 1.165) is 32.1 Å². The third kappa shape index (κ3) is 10.3. The quantitative estimate of drug-likeness (QED) is 0.369. The lowest BCUT2D eigenvalue weighted by Gasteiger charge is -2.18. The van der Waals surface area contributed by atoms with Crippen molar-refractivity contribution in [3.8, 4) is 0 Å². The maximum Gasteiger partial charge on any atom is 0.323 e. The maximum atomic E-state index is 11.8. The highest BCUT2D eigenvalue weighted by Gasteiger charge is 2.22. The Bertz CT molecular complexity index is 297. The van der Waals surface area contributed by atoms with Crippen molar-refractivity contribution >= 4 is 11.9 Å². The van der Waals surface area contributed by atoms with Gasteiger partial charge in [-0.2, -0.15) is 0 Å². The number of nitrogens with one attached hydrogen (secondary N) is 2. The van der Waals surface area contributed by atoms with Crippen LogP contribution in [0.2, 0.25) is 0 Å². The minimum Gasteiger partial charge on any atom is -0.468 e. The van der Waals surface area contributed by atoms with E-state index < -0.39 is 12.0 Å². The summed E-state index contributed by atoms with van der Waals surface area (Å²) in [4.78, 5) is 23.5. The fraction of sp³-hybridized carbons (Fsp3) is 0.867. The predicted octanol–water partition coefficient (Wildman–Crippen LogP) is 0.975. The van der Waals surface area contributed by atoms with Crippen LogP contribution in [0.3, 0.4) is 0 Å². The Labute approximate surface area is 127 Å². The highest BCUT2D eigenvalue weighted by Crippen LogP contribution is 2.01. The van der Waals surface area contributed by atoms with Gasteiger partial charge in [-0.1, -0.05) is 19.8 Å². The van der Waals surface area contributed by atoms with Crippen molar-refractivity contribution in [3.63, 3.8) is 0 Å². The predicted molar refractivity (Wildman–Crippen MR) is 81.9 cm³/mol. The second kappa shape index (κ2) is 12.6. The van der Waals surface area contributed by atoms with Crippen molar-refractivity contribution < 1.29 is 19.4 Å². The van der Waals surface area contributed by atoms with E-state index in [1.807, 2.05) is 13.8 Å².